The number of phenolic OH excluding ortho intramolecular Hbond substituents is 2. The van der Waals surface area contributed by atoms with Crippen LogP contribution >= 0.6 is 15.8 Å². The topological polar surface area (TPSA) is 260 Å². The van der Waals surface area contributed by atoms with Gasteiger partial charge in [-0.05, 0) is 254 Å². The maximum atomic E-state index is 13.5. The Morgan fingerprint density at radius 3 is 0.640 bits per heavy atom. The molecule has 0 aliphatic carbocycles. The van der Waals surface area contributed by atoms with Gasteiger partial charge in [0.15, 0.2) is 11.5 Å². The first-order chi connectivity index (χ1) is 71.1. The molecule has 37 heteroatoms. The van der Waals surface area contributed by atoms with Crippen molar-refractivity contribution in [2.45, 2.75) is 69.1 Å². The van der Waals surface area contributed by atoms with Gasteiger partial charge in [0.25, 0.3) is 0 Å². The van der Waals surface area contributed by atoms with Gasteiger partial charge < -0.3 is 47.0 Å². The third kappa shape index (κ3) is 22.3. The third-order valence-corrected chi connectivity index (χ3v) is 33.8. The van der Waals surface area contributed by atoms with Crippen molar-refractivity contribution in [3.05, 3.63) is 409 Å². The first kappa shape index (κ1) is 104. The number of ether oxygens (including phenoxy) is 6. The molecule has 19 nitrogen and oxygen atoms in total. The van der Waals surface area contributed by atoms with Crippen LogP contribution in [0.3, 0.4) is 0 Å². The van der Waals surface area contributed by atoms with Crippen molar-refractivity contribution in [3.8, 4) is 90.9 Å². The first-order valence-electron chi connectivity index (χ1n) is 45.1. The highest BCUT2D eigenvalue weighted by atomic mass is 32.3. The average molecular weight is 2160 g/mol. The largest absolute Gasteiger partial charge is 0.534 e. The highest BCUT2D eigenvalue weighted by molar-refractivity contribution is 8.00. The quantitative estimate of drug-likeness (QED) is 0.0498. The normalized spacial score (nSPS) is 13.2. The van der Waals surface area contributed by atoms with E-state index in [-0.39, 0.29) is 65.2 Å². The second-order valence-electron chi connectivity index (χ2n) is 34.0. The Morgan fingerprint density at radius 2 is 0.420 bits per heavy atom. The van der Waals surface area contributed by atoms with E-state index in [1.807, 2.05) is 76.4 Å². The molecule has 19 aromatic carbocycles. The van der Waals surface area contributed by atoms with Gasteiger partial charge in [-0.25, -0.2) is 0 Å². The average Bonchev–Trinajstić information content (AvgIpc) is 0.724. The van der Waals surface area contributed by atoms with Crippen LogP contribution in [0, 0.1) is 0 Å². The SMILES string of the molecule is C.O=S(=O)(OS(=O)(=O)C(F)(F)F)C(F)(F)F.O=S(=O)(Oc1ccc2ccc3cc2c1-c1c(OS(=O)(=O)C(F)(F)F)ccc2ccc(cc12)OCc1ccc(cc1)CO3)C(F)(F)F.Oc1ccc2ccc3cc2c1-c1c(O)ccc2ccc(cc12)OCc1ccc(cc1)CO3.c1ccc(P(c2ccccc2)c2ccc3ccc4cc3c2-c2c(P(c3ccccc3)c3ccccc3)ccc3ccc(cc23)OCc2ccc(cc2)CO4)cc1. The molecular weight excluding hydrogens is 2080 g/mol. The Bertz CT molecular complexity index is 8250. The number of alkyl halides is 12. The molecule has 0 saturated heterocycles. The summed E-state index contributed by atoms with van der Waals surface area (Å²) >= 11 is 0. The third-order valence-electron chi connectivity index (χ3n) is 24.3. The number of hydrogen-bond acceptors (Lipinski definition) is 19. The van der Waals surface area contributed by atoms with Crippen LogP contribution in [-0.4, -0.2) is 65.9 Å². The van der Waals surface area contributed by atoms with Crippen LogP contribution in [-0.2, 0) is 83.7 Å². The van der Waals surface area contributed by atoms with Crippen molar-refractivity contribution in [3.63, 3.8) is 0 Å². The monoisotopic (exact) mass is 2160 g/mol. The van der Waals surface area contributed by atoms with Gasteiger partial charge in [0.2, 0.25) is 0 Å². The molecule has 18 bridgehead atoms. The summed E-state index contributed by atoms with van der Waals surface area (Å²) in [5.74, 6) is 1.61. The van der Waals surface area contributed by atoms with Crippen molar-refractivity contribution in [2.24, 2.45) is 0 Å². The van der Waals surface area contributed by atoms with Gasteiger partial charge >= 0.3 is 62.5 Å². The zero-order valence-electron chi connectivity index (χ0n) is 76.9. The van der Waals surface area contributed by atoms with Gasteiger partial charge in [0, 0.05) is 22.3 Å². The molecule has 6 heterocycles. The van der Waals surface area contributed by atoms with Gasteiger partial charge in [-0.1, -0.05) is 286 Å². The Hall–Kier alpha value is -15.5. The maximum Gasteiger partial charge on any atom is 0.534 e. The lowest BCUT2D eigenvalue weighted by Crippen LogP contribution is -2.34. The van der Waals surface area contributed by atoms with E-state index in [1.54, 1.807) is 36.4 Å². The van der Waals surface area contributed by atoms with E-state index in [2.05, 4.69) is 215 Å². The van der Waals surface area contributed by atoms with E-state index in [0.717, 1.165) is 78.6 Å². The second-order valence-corrected chi connectivity index (χ2v) is 44.8. The minimum atomic E-state index is -6.85. The Morgan fingerprint density at radius 1 is 0.227 bits per heavy atom. The number of hydrogen-bond donors (Lipinski definition) is 2. The van der Waals surface area contributed by atoms with Gasteiger partial charge in [0.1, 0.15) is 85.6 Å². The molecule has 2 N–H and O–H groups in total. The Balaban J connectivity index is 0.000000141. The molecule has 6 aliphatic heterocycles. The lowest BCUT2D eigenvalue weighted by Gasteiger charge is -2.28. The summed E-state index contributed by atoms with van der Waals surface area (Å²) in [5, 5.41) is 38.3. The summed E-state index contributed by atoms with van der Waals surface area (Å²) in [6.07, 6.45) is 0. The van der Waals surface area contributed by atoms with Crippen molar-refractivity contribution < 1.29 is 137 Å². The number of phenols is 2. The summed E-state index contributed by atoms with van der Waals surface area (Å²) in [6, 6.07) is 122. The summed E-state index contributed by atoms with van der Waals surface area (Å²) in [5.41, 5.74) is -15.9. The number of benzene rings is 19. The van der Waals surface area contributed by atoms with Gasteiger partial charge in [-0.15, -0.1) is 3.63 Å². The number of halogens is 12. The lowest BCUT2D eigenvalue weighted by atomic mass is 9.92. The molecule has 19 aromatic rings. The van der Waals surface area contributed by atoms with Gasteiger partial charge in [-0.2, -0.15) is 86.4 Å². The molecule has 764 valence electrons. The van der Waals surface area contributed by atoms with E-state index in [1.165, 1.54) is 113 Å². The van der Waals surface area contributed by atoms with Gasteiger partial charge in [0.05, 0.1) is 0 Å². The highest BCUT2D eigenvalue weighted by Gasteiger charge is 2.58. The van der Waals surface area contributed by atoms with E-state index in [9.17, 15) is 96.6 Å². The molecule has 0 fully saturated rings. The molecule has 0 amide bonds. The predicted octanol–water partition coefficient (Wildman–Crippen LogP) is 26.1. The van der Waals surface area contributed by atoms with Crippen LogP contribution in [0.2, 0.25) is 0 Å². The van der Waals surface area contributed by atoms with Crippen LogP contribution in [0.5, 0.6) is 57.5 Å². The molecule has 0 spiro atoms. The summed E-state index contributed by atoms with van der Waals surface area (Å²) in [4.78, 5) is 0. The van der Waals surface area contributed by atoms with E-state index >= 15 is 0 Å². The van der Waals surface area contributed by atoms with Crippen molar-refractivity contribution in [1.29, 1.82) is 0 Å². The van der Waals surface area contributed by atoms with Crippen LogP contribution in [0.4, 0.5) is 52.7 Å². The molecule has 0 saturated carbocycles. The molecule has 0 aromatic heterocycles. The summed E-state index contributed by atoms with van der Waals surface area (Å²) in [6.45, 7) is 1.87. The summed E-state index contributed by atoms with van der Waals surface area (Å²) in [7, 11) is -28.3. The smallest absolute Gasteiger partial charge is 0.507 e. The zero-order chi connectivity index (χ0) is 105. The minimum absolute atomic E-state index is 0. The van der Waals surface area contributed by atoms with E-state index in [0.29, 0.717) is 49.1 Å². The van der Waals surface area contributed by atoms with Crippen LogP contribution < -0.4 is 68.6 Å². The van der Waals surface area contributed by atoms with Gasteiger partial charge in [-0.3, -0.25) is 0 Å². The number of fused-ring (bicyclic) bond motifs is 12. The number of aromatic hydroxyl groups is 2. The minimum Gasteiger partial charge on any atom is -0.507 e. The van der Waals surface area contributed by atoms with E-state index < -0.39 is 101 Å². The maximum absolute atomic E-state index is 13.5. The zero-order valence-corrected chi connectivity index (χ0v) is 82.0. The van der Waals surface area contributed by atoms with Crippen molar-refractivity contribution >= 4 is 153 Å². The lowest BCUT2D eigenvalue weighted by molar-refractivity contribution is -0.0587. The summed E-state index contributed by atoms with van der Waals surface area (Å²) < 4.78 is 286. The van der Waals surface area contributed by atoms with Crippen LogP contribution in [0.25, 0.3) is 98.0 Å². The molecule has 150 heavy (non-hydrogen) atoms. The molecule has 6 aliphatic rings. The molecule has 0 radical (unpaired) electrons. The molecule has 0 unspecified atom stereocenters. The standard InChI is InChI=1S/C52H38O2P2.C30H18F6O8S2.C28H20O4.C2F6O5S2.CH4/c1-5-13-43(14-6-1)55(44-15-7-2-8-16-44)49-31-27-39-25-29-41-33-47(39)51(49)52-48-34-42(54-36-38-23-21-37(22-24-38)35-53-41)30-26-40(48)28-32-50(52)56(45-17-9-3-10-18-45)46-19-11-4-12-20-46;31-29(32,33)45(37,38)43-25-11-7-19-5-9-21-13-23(19)27(25)28-24-14-22(42-16-18-2-1-17(3-4-18)15-41-21)10-6-20(24)8-12-26(28)44-46(39,40)30(34,35)36;29-25-11-7-19-5-9-21-13-23(19)27(25)28-24-14-22(10-6-20(24)8-12-26(28)30)32-16-18-2-1-17(3-4-18)15-31-21;3-1(4,5)14(9,10)13-15(11,12)2(6,7)8;/h1-34H,35-36H2;1-14H,15-16H2;1-14,29-30H,15-16H2;;1H4. The molecule has 25 rings (SSSR count). The Kier molecular flexibility index (Phi) is 29.4. The number of rotatable bonds is 12. The Labute approximate surface area is 853 Å². The fourth-order valence-electron chi connectivity index (χ4n) is 17.2. The van der Waals surface area contributed by atoms with Crippen molar-refractivity contribution in [1.82, 2.24) is 0 Å². The van der Waals surface area contributed by atoms with Crippen LogP contribution in [0.1, 0.15) is 40.8 Å². The van der Waals surface area contributed by atoms with E-state index in [4.69, 9.17) is 28.4 Å². The predicted molar refractivity (Wildman–Crippen MR) is 556 cm³/mol. The molecule has 0 atom stereocenters. The highest BCUT2D eigenvalue weighted by Crippen LogP contribution is 2.53. The molecular formula is C113H80F12O19P2S4. The fraction of sp³-hybridized carbons (Fsp3) is 0.0973. The fourth-order valence-corrected chi connectivity index (χ4v) is 24.7. The second kappa shape index (κ2) is 42.3. The van der Waals surface area contributed by atoms with Crippen LogP contribution in [0.15, 0.2) is 376 Å². The van der Waals surface area contributed by atoms with Crippen molar-refractivity contribution in [2.75, 3.05) is 0 Å². The first-order valence-corrected chi connectivity index (χ1v) is 53.4.